The molecule has 2 aromatic rings. The molecule has 0 aliphatic heterocycles. The Morgan fingerprint density at radius 2 is 1.65 bits per heavy atom. The van der Waals surface area contributed by atoms with Crippen molar-refractivity contribution in [3.05, 3.63) is 65.7 Å². The van der Waals surface area contributed by atoms with Crippen LogP contribution in [0.25, 0.3) is 0 Å². The monoisotopic (exact) mass is 229 g/mol. The highest BCUT2D eigenvalue weighted by atomic mass is 16.5. The van der Waals surface area contributed by atoms with Crippen LogP contribution in [0.4, 0.5) is 0 Å². The van der Waals surface area contributed by atoms with Crippen LogP contribution < -0.4 is 4.74 Å². The zero-order chi connectivity index (χ0) is 12.1. The van der Waals surface area contributed by atoms with Crippen molar-refractivity contribution in [2.45, 2.75) is 6.61 Å². The van der Waals surface area contributed by atoms with Gasteiger partial charge < -0.3 is 9.84 Å². The van der Waals surface area contributed by atoms with Crippen LogP contribution in [0.1, 0.15) is 15.9 Å². The number of carbonyl (C=O) groups is 1. The summed E-state index contributed by atoms with van der Waals surface area (Å²) in [5.74, 6) is -0.265. The van der Waals surface area contributed by atoms with Gasteiger partial charge in [-0.25, -0.2) is 4.79 Å². The maximum Gasteiger partial charge on any atom is 0.335 e. The highest BCUT2D eigenvalue weighted by Crippen LogP contribution is 2.14. The lowest BCUT2D eigenvalue weighted by Gasteiger charge is -2.06. The van der Waals surface area contributed by atoms with E-state index in [1.54, 1.807) is 12.1 Å². The van der Waals surface area contributed by atoms with Gasteiger partial charge in [-0.1, -0.05) is 30.3 Å². The molecule has 3 heteroatoms. The molecule has 1 N–H and O–H groups in total. The lowest BCUT2D eigenvalue weighted by molar-refractivity contribution is 0.0697. The van der Waals surface area contributed by atoms with Gasteiger partial charge in [0, 0.05) is 0 Å². The molecule has 0 saturated heterocycles. The van der Waals surface area contributed by atoms with E-state index >= 15 is 0 Å². The van der Waals surface area contributed by atoms with Gasteiger partial charge in [-0.3, -0.25) is 0 Å². The molecule has 0 amide bonds. The lowest BCUT2D eigenvalue weighted by Crippen LogP contribution is -1.97. The minimum atomic E-state index is -0.931. The smallest absolute Gasteiger partial charge is 0.335 e. The zero-order valence-corrected chi connectivity index (χ0v) is 9.17. The van der Waals surface area contributed by atoms with E-state index in [4.69, 9.17) is 9.84 Å². The SMILES string of the molecule is O=C(O)[13c]1ccc(OCc2ccccc2)cc1. The largest absolute Gasteiger partial charge is 0.489 e. The summed E-state index contributed by atoms with van der Waals surface area (Å²) in [4.78, 5) is 10.7. The molecule has 0 spiro atoms. The topological polar surface area (TPSA) is 46.5 Å². The van der Waals surface area contributed by atoms with Crippen molar-refractivity contribution >= 4 is 5.97 Å². The van der Waals surface area contributed by atoms with Gasteiger partial charge in [-0.2, -0.15) is 0 Å². The van der Waals surface area contributed by atoms with Gasteiger partial charge in [0.2, 0.25) is 0 Å². The van der Waals surface area contributed by atoms with Crippen molar-refractivity contribution in [3.8, 4) is 5.75 Å². The summed E-state index contributed by atoms with van der Waals surface area (Å²) < 4.78 is 5.53. The Hall–Kier alpha value is -2.29. The van der Waals surface area contributed by atoms with Gasteiger partial charge in [0.05, 0.1) is 5.56 Å². The minimum absolute atomic E-state index is 0.261. The Labute approximate surface area is 99.3 Å². The molecular weight excluding hydrogens is 217 g/mol. The first kappa shape index (κ1) is 11.2. The average molecular weight is 229 g/mol. The summed E-state index contributed by atoms with van der Waals surface area (Å²) in [5, 5.41) is 8.74. The van der Waals surface area contributed by atoms with E-state index in [9.17, 15) is 4.79 Å². The Morgan fingerprint density at radius 1 is 1.00 bits per heavy atom. The van der Waals surface area contributed by atoms with Crippen molar-refractivity contribution in [1.29, 1.82) is 0 Å². The van der Waals surface area contributed by atoms with Crippen molar-refractivity contribution in [2.75, 3.05) is 0 Å². The lowest BCUT2D eigenvalue weighted by atomic mass is 10.2. The molecule has 2 rings (SSSR count). The highest BCUT2D eigenvalue weighted by Gasteiger charge is 2.02. The third-order valence-electron chi connectivity index (χ3n) is 2.35. The van der Waals surface area contributed by atoms with E-state index in [-0.39, 0.29) is 5.56 Å². The van der Waals surface area contributed by atoms with Crippen molar-refractivity contribution in [3.63, 3.8) is 0 Å². The summed E-state index contributed by atoms with van der Waals surface area (Å²) in [7, 11) is 0. The molecule has 0 aromatic heterocycles. The Morgan fingerprint density at radius 3 is 2.24 bits per heavy atom. The Kier molecular flexibility index (Phi) is 3.40. The van der Waals surface area contributed by atoms with Crippen LogP contribution in [-0.4, -0.2) is 11.1 Å². The summed E-state index contributed by atoms with van der Waals surface area (Å²) in [6.07, 6.45) is 0. The van der Waals surface area contributed by atoms with Crippen LogP contribution in [-0.2, 0) is 6.61 Å². The maximum atomic E-state index is 10.7. The quantitative estimate of drug-likeness (QED) is 0.876. The summed E-state index contributed by atoms with van der Waals surface area (Å²) in [5.41, 5.74) is 1.34. The highest BCUT2D eigenvalue weighted by molar-refractivity contribution is 5.87. The first-order chi connectivity index (χ1) is 8.25. The van der Waals surface area contributed by atoms with Gasteiger partial charge >= 0.3 is 5.97 Å². The first-order valence-corrected chi connectivity index (χ1v) is 5.26. The Bertz CT molecular complexity index is 489. The molecule has 3 nitrogen and oxygen atoms in total. The molecular formula is C14H12O3. The summed E-state index contributed by atoms with van der Waals surface area (Å²) in [6, 6.07) is 16.2. The second-order valence-electron chi connectivity index (χ2n) is 3.60. The standard InChI is InChI=1S/C14H12O3/c15-14(16)12-6-8-13(9-7-12)17-10-11-4-2-1-3-5-11/h1-9H,10H2,(H,15,16)/i12+1. The number of ether oxygens (including phenoxy) is 1. The van der Waals surface area contributed by atoms with Crippen LogP contribution in [0, 0.1) is 0 Å². The van der Waals surface area contributed by atoms with Gasteiger partial charge in [0.1, 0.15) is 12.4 Å². The molecule has 0 radical (unpaired) electrons. The van der Waals surface area contributed by atoms with E-state index < -0.39 is 5.97 Å². The second kappa shape index (κ2) is 5.16. The number of aromatic carboxylic acids is 1. The molecule has 0 heterocycles. The van der Waals surface area contributed by atoms with E-state index in [1.807, 2.05) is 30.3 Å². The number of hydrogen-bond acceptors (Lipinski definition) is 2. The molecule has 0 bridgehead atoms. The number of carboxylic acid groups (broad SMARTS) is 1. The van der Waals surface area contributed by atoms with Crippen molar-refractivity contribution < 1.29 is 14.6 Å². The van der Waals surface area contributed by atoms with Crippen LogP contribution in [0.15, 0.2) is 54.6 Å². The van der Waals surface area contributed by atoms with Crippen LogP contribution in [0.2, 0.25) is 0 Å². The predicted octanol–water partition coefficient (Wildman–Crippen LogP) is 2.96. The molecule has 0 aliphatic carbocycles. The first-order valence-electron chi connectivity index (χ1n) is 5.26. The van der Waals surface area contributed by atoms with Gasteiger partial charge in [-0.05, 0) is 29.8 Å². The van der Waals surface area contributed by atoms with Crippen molar-refractivity contribution in [1.82, 2.24) is 0 Å². The minimum Gasteiger partial charge on any atom is -0.489 e. The van der Waals surface area contributed by atoms with Crippen molar-refractivity contribution in [2.24, 2.45) is 0 Å². The van der Waals surface area contributed by atoms with E-state index in [2.05, 4.69) is 0 Å². The van der Waals surface area contributed by atoms with Gasteiger partial charge in [0.25, 0.3) is 0 Å². The third kappa shape index (κ3) is 3.08. The number of benzene rings is 2. The molecule has 0 unspecified atom stereocenters. The number of hydrogen-bond donors (Lipinski definition) is 1. The van der Waals surface area contributed by atoms with Gasteiger partial charge in [-0.15, -0.1) is 0 Å². The maximum absolute atomic E-state index is 10.7. The normalized spacial score (nSPS) is 9.88. The van der Waals surface area contributed by atoms with E-state index in [0.717, 1.165) is 5.56 Å². The number of rotatable bonds is 4. The molecule has 2 aromatic carbocycles. The van der Waals surface area contributed by atoms with Gasteiger partial charge in [0.15, 0.2) is 0 Å². The Balaban J connectivity index is 1.98. The molecule has 0 aliphatic rings. The fourth-order valence-electron chi connectivity index (χ4n) is 1.43. The fraction of sp³-hybridized carbons (Fsp3) is 0.0714. The van der Waals surface area contributed by atoms with Crippen LogP contribution in [0.5, 0.6) is 5.75 Å². The zero-order valence-electron chi connectivity index (χ0n) is 9.17. The van der Waals surface area contributed by atoms with E-state index in [1.165, 1.54) is 12.1 Å². The molecule has 17 heavy (non-hydrogen) atoms. The molecule has 0 atom stereocenters. The molecule has 0 fully saturated rings. The van der Waals surface area contributed by atoms with Crippen LogP contribution >= 0.6 is 0 Å². The molecule has 86 valence electrons. The average Bonchev–Trinajstić information content (AvgIpc) is 2.38. The van der Waals surface area contributed by atoms with E-state index in [0.29, 0.717) is 12.4 Å². The second-order valence-corrected chi connectivity index (χ2v) is 3.60. The van der Waals surface area contributed by atoms with Crippen LogP contribution in [0.3, 0.4) is 0 Å². The third-order valence-corrected chi connectivity index (χ3v) is 2.35. The summed E-state index contributed by atoms with van der Waals surface area (Å²) in [6.45, 7) is 0.479. The summed E-state index contributed by atoms with van der Waals surface area (Å²) >= 11 is 0. The number of carboxylic acids is 1. The molecule has 0 saturated carbocycles. The predicted molar refractivity (Wildman–Crippen MR) is 64.2 cm³/mol. The fourth-order valence-corrected chi connectivity index (χ4v) is 1.43.